The maximum Gasteiger partial charge on any atom is -1.00 e. The van der Waals surface area contributed by atoms with E-state index in [9.17, 15) is 0 Å². The molecule has 0 saturated carbocycles. The van der Waals surface area contributed by atoms with Crippen LogP contribution in [0.25, 0.3) is 0 Å². The summed E-state index contributed by atoms with van der Waals surface area (Å²) in [6.45, 7) is 9.54. The molecule has 6 nitrogen and oxygen atoms in total. The molecule has 0 heterocycles. The van der Waals surface area contributed by atoms with E-state index in [1.165, 1.54) is 72.0 Å². The van der Waals surface area contributed by atoms with Crippen LogP contribution in [0.3, 0.4) is 0 Å². The number of hydrogen-bond acceptors (Lipinski definition) is 6. The van der Waals surface area contributed by atoms with Crippen molar-refractivity contribution in [1.29, 1.82) is 0 Å². The molecule has 0 bridgehead atoms. The van der Waals surface area contributed by atoms with Crippen LogP contribution in [0.5, 0.6) is 0 Å². The zero-order chi connectivity index (χ0) is 35.3. The Morgan fingerprint density at radius 1 is 0.400 bits per heavy atom. The van der Waals surface area contributed by atoms with E-state index in [4.69, 9.17) is 0 Å². The van der Waals surface area contributed by atoms with Crippen LogP contribution < -0.4 is 82.2 Å². The van der Waals surface area contributed by atoms with Crippen LogP contribution in [0.4, 0.5) is 34.1 Å². The van der Waals surface area contributed by atoms with E-state index in [2.05, 4.69) is 217 Å². The standard InChI is InChI=1S/C39H57N6Si.3ClH.Ti/c1-26-27(2)29(4)36(28(26)3)46(37-30(40(5)6)20-17-21-31(37)41(7)8,38-32(42(9)10)22-18-23-33(38)43(11)12)39-34(44(13)14)24-19-25-35(39)45(15)16;;;;/h17-25H,1-16H3;3*1H;/q;;;;+3/p-3. The molecule has 4 rings (SSSR count). The van der Waals surface area contributed by atoms with Gasteiger partial charge in [0.25, 0.3) is 0 Å². The third-order valence-corrected chi connectivity index (χ3v) is 19.0. The minimum atomic E-state index is -3.33. The summed E-state index contributed by atoms with van der Waals surface area (Å²) in [7, 11) is 23.2. The molecule has 0 unspecified atom stereocenters. The monoisotopic (exact) mass is 790 g/mol. The fraction of sp³-hybridized carbons (Fsp3) is 0.436. The molecular formula is C39H57Cl3N6SiTi. The molecule has 0 atom stereocenters. The van der Waals surface area contributed by atoms with Crippen molar-refractivity contribution in [3.05, 3.63) is 76.9 Å². The van der Waals surface area contributed by atoms with Crippen LogP contribution in [0.2, 0.25) is 3.34 Å². The molecule has 0 aliphatic heterocycles. The summed E-state index contributed by atoms with van der Waals surface area (Å²) in [5.41, 5.74) is 13.4. The minimum absolute atomic E-state index is 0. The molecular weight excluding hydrogens is 735 g/mol. The van der Waals surface area contributed by atoms with Crippen LogP contribution >= 0.6 is 0 Å². The first-order valence-corrected chi connectivity index (χ1v) is 19.2. The summed E-state index contributed by atoms with van der Waals surface area (Å²) in [4.78, 5) is 14.1. The van der Waals surface area contributed by atoms with E-state index in [-0.39, 0.29) is 40.6 Å². The van der Waals surface area contributed by atoms with Crippen LogP contribution in [-0.4, -0.2) is 92.6 Å². The van der Waals surface area contributed by atoms with E-state index in [0.29, 0.717) is 0 Å². The van der Waals surface area contributed by atoms with Gasteiger partial charge in [0.1, 0.15) is 0 Å². The minimum Gasteiger partial charge on any atom is -1.00 e. The maximum absolute atomic E-state index is 3.33. The number of hydrogen-bond donors (Lipinski definition) is 0. The molecule has 0 saturated heterocycles. The summed E-state index contributed by atoms with van der Waals surface area (Å²) in [5, 5.41) is 4.32. The number of anilines is 6. The van der Waals surface area contributed by atoms with Crippen molar-refractivity contribution >= 4 is 57.8 Å². The largest absolute Gasteiger partial charge is 1.00 e. The van der Waals surface area contributed by atoms with E-state index in [1.807, 2.05) is 0 Å². The summed E-state index contributed by atoms with van der Waals surface area (Å²) in [5.74, 6) is 0. The van der Waals surface area contributed by atoms with Crippen molar-refractivity contribution in [2.45, 2.75) is 31.0 Å². The smallest absolute Gasteiger partial charge is 1.00 e. The second-order valence-corrected chi connectivity index (χ2v) is 20.1. The van der Waals surface area contributed by atoms with E-state index in [1.54, 1.807) is 0 Å². The van der Waals surface area contributed by atoms with Crippen molar-refractivity contribution in [2.24, 2.45) is 0 Å². The van der Waals surface area contributed by atoms with Gasteiger partial charge in [0.05, 0.1) is 0 Å². The van der Waals surface area contributed by atoms with Gasteiger partial charge in [-0.05, 0) is 0 Å². The molecule has 50 heavy (non-hydrogen) atoms. The van der Waals surface area contributed by atoms with Crippen LogP contribution in [-0.2, 0) is 20.4 Å². The molecule has 3 aromatic rings. The second-order valence-electron chi connectivity index (χ2n) is 14.4. The quantitative estimate of drug-likeness (QED) is 0.156. The summed E-state index contributed by atoms with van der Waals surface area (Å²) in [6, 6.07) is 20.8. The Hall–Kier alpha value is -2.26. The zero-order valence-corrected chi connectivity index (χ0v) is 37.8. The Morgan fingerprint density at radius 2 is 0.580 bits per heavy atom. The predicted molar refractivity (Wildman–Crippen MR) is 209 cm³/mol. The summed E-state index contributed by atoms with van der Waals surface area (Å²) < 4.78 is -0.328. The van der Waals surface area contributed by atoms with Gasteiger partial charge < -0.3 is 37.2 Å². The number of benzene rings is 3. The average Bonchev–Trinajstić information content (AvgIpc) is 3.16. The van der Waals surface area contributed by atoms with Gasteiger partial charge in [0, 0.05) is 0 Å². The first-order chi connectivity index (χ1) is 21.9. The second kappa shape index (κ2) is 17.0. The molecule has 0 fully saturated rings. The third-order valence-electron chi connectivity index (χ3n) is 10.5. The Labute approximate surface area is 335 Å². The predicted octanol–water partition coefficient (Wildman–Crippen LogP) is -3.50. The molecule has 1 aliphatic rings. The van der Waals surface area contributed by atoms with Gasteiger partial charge >= 0.3 is 300 Å². The molecule has 0 N–H and O–H groups in total. The SMILES string of the molecule is CC1=C(C)[C]([Ti+3])([Si](c2c(N(C)C)cccc2N(C)C)(c2c(N(C)C)cccc2N(C)C)c2c(N(C)C)cccc2N(C)C)C(C)=C1C.[Cl-].[Cl-].[Cl-]. The van der Waals surface area contributed by atoms with Gasteiger partial charge in [-0.25, -0.2) is 0 Å². The molecule has 0 aromatic heterocycles. The van der Waals surface area contributed by atoms with Crippen LogP contribution in [0.15, 0.2) is 76.9 Å². The van der Waals surface area contributed by atoms with Gasteiger partial charge in [-0.1, -0.05) is 0 Å². The first kappa shape index (κ1) is 45.8. The first-order valence-electron chi connectivity index (χ1n) is 16.4. The van der Waals surface area contributed by atoms with Gasteiger partial charge in [-0.2, -0.15) is 0 Å². The topological polar surface area (TPSA) is 19.4 Å². The van der Waals surface area contributed by atoms with Gasteiger partial charge in [-0.15, -0.1) is 0 Å². The van der Waals surface area contributed by atoms with Gasteiger partial charge in [-0.3, -0.25) is 0 Å². The van der Waals surface area contributed by atoms with Crippen molar-refractivity contribution in [2.75, 3.05) is 114 Å². The number of nitrogens with zero attached hydrogens (tertiary/aromatic N) is 6. The molecule has 272 valence electrons. The molecule has 3 aromatic carbocycles. The molecule has 0 spiro atoms. The maximum atomic E-state index is 2.59. The fourth-order valence-electron chi connectivity index (χ4n) is 7.88. The fourth-order valence-corrected chi connectivity index (χ4v) is 17.7. The van der Waals surface area contributed by atoms with E-state index < -0.39 is 8.07 Å². The Balaban J connectivity index is 0.00000417. The summed E-state index contributed by atoms with van der Waals surface area (Å²) in [6.07, 6.45) is 0. The van der Waals surface area contributed by atoms with Crippen molar-refractivity contribution in [3.8, 4) is 0 Å². The number of allylic oxidation sites excluding steroid dienone is 4. The Morgan fingerprint density at radius 3 is 0.740 bits per heavy atom. The zero-order valence-electron chi connectivity index (χ0n) is 33.0. The Kier molecular flexibility index (Phi) is 15.6. The van der Waals surface area contributed by atoms with Gasteiger partial charge in [0.15, 0.2) is 0 Å². The van der Waals surface area contributed by atoms with E-state index >= 15 is 0 Å². The van der Waals surface area contributed by atoms with Crippen LogP contribution in [0.1, 0.15) is 27.7 Å². The van der Waals surface area contributed by atoms with Crippen molar-refractivity contribution < 1.29 is 57.7 Å². The van der Waals surface area contributed by atoms with Crippen molar-refractivity contribution in [1.82, 2.24) is 0 Å². The van der Waals surface area contributed by atoms with Crippen LogP contribution in [0, 0.1) is 0 Å². The number of halogens is 3. The molecule has 1 aliphatic carbocycles. The normalized spacial score (nSPS) is 13.6. The van der Waals surface area contributed by atoms with Crippen molar-refractivity contribution in [3.63, 3.8) is 0 Å². The molecule has 0 amide bonds. The molecule has 0 radical (unpaired) electrons. The van der Waals surface area contributed by atoms with Gasteiger partial charge in [0.2, 0.25) is 0 Å². The van der Waals surface area contributed by atoms with E-state index in [0.717, 1.165) is 0 Å². The Bertz CT molecular complexity index is 1480. The third kappa shape index (κ3) is 6.95. The average molecular weight is 792 g/mol. The number of rotatable bonds is 10. The summed E-state index contributed by atoms with van der Waals surface area (Å²) >= 11 is 2.59. The molecule has 11 heteroatoms.